The summed E-state index contributed by atoms with van der Waals surface area (Å²) in [5.74, 6) is 2.11. The highest BCUT2D eigenvalue weighted by Crippen LogP contribution is 2.30. The van der Waals surface area contributed by atoms with Crippen molar-refractivity contribution in [2.24, 2.45) is 11.7 Å². The topological polar surface area (TPSA) is 68.3 Å². The molecule has 0 heterocycles. The van der Waals surface area contributed by atoms with Crippen molar-refractivity contribution in [1.82, 2.24) is 0 Å². The largest absolute Gasteiger partial charge is 0.497 e. The van der Waals surface area contributed by atoms with Crippen molar-refractivity contribution in [1.29, 1.82) is 5.41 Å². The van der Waals surface area contributed by atoms with Gasteiger partial charge in [-0.1, -0.05) is 0 Å². The fraction of sp³-hybridized carbons (Fsp3) is 0.417. The molecule has 1 fully saturated rings. The van der Waals surface area contributed by atoms with Crippen LogP contribution >= 0.6 is 0 Å². The molecule has 1 aromatic rings. The molecule has 1 saturated carbocycles. The SMILES string of the molecule is COc1cc(OCC2CC2)cc(C(=N)N)c1. The predicted octanol–water partition coefficient (Wildman–Crippen LogP) is 1.77. The molecule has 1 aliphatic carbocycles. The van der Waals surface area contributed by atoms with Crippen LogP contribution in [0, 0.1) is 11.3 Å². The molecule has 2 rings (SSSR count). The summed E-state index contributed by atoms with van der Waals surface area (Å²) in [6.45, 7) is 0.741. The second-order valence-corrected chi connectivity index (χ2v) is 4.07. The molecular weight excluding hydrogens is 204 g/mol. The minimum absolute atomic E-state index is 0.0233. The first-order chi connectivity index (χ1) is 7.69. The Morgan fingerprint density at radius 1 is 1.38 bits per heavy atom. The highest BCUT2D eigenvalue weighted by molar-refractivity contribution is 5.95. The number of methoxy groups -OCH3 is 1. The van der Waals surface area contributed by atoms with Crippen LogP contribution in [0.1, 0.15) is 18.4 Å². The third-order valence-corrected chi connectivity index (χ3v) is 2.61. The van der Waals surface area contributed by atoms with E-state index in [4.69, 9.17) is 20.6 Å². The number of hydrogen-bond acceptors (Lipinski definition) is 3. The van der Waals surface area contributed by atoms with Crippen LogP contribution in [0.2, 0.25) is 0 Å². The molecule has 0 radical (unpaired) electrons. The van der Waals surface area contributed by atoms with E-state index in [1.807, 2.05) is 6.07 Å². The Labute approximate surface area is 94.9 Å². The average Bonchev–Trinajstić information content (AvgIpc) is 3.09. The minimum atomic E-state index is 0.0233. The van der Waals surface area contributed by atoms with E-state index in [9.17, 15) is 0 Å². The van der Waals surface area contributed by atoms with Gasteiger partial charge in [-0.25, -0.2) is 0 Å². The van der Waals surface area contributed by atoms with Crippen LogP contribution in [0.4, 0.5) is 0 Å². The monoisotopic (exact) mass is 220 g/mol. The number of amidine groups is 1. The zero-order valence-electron chi connectivity index (χ0n) is 9.32. The lowest BCUT2D eigenvalue weighted by molar-refractivity contribution is 0.297. The van der Waals surface area contributed by atoms with E-state index in [1.54, 1.807) is 19.2 Å². The number of nitrogen functional groups attached to an aromatic ring is 1. The van der Waals surface area contributed by atoms with E-state index in [0.717, 1.165) is 12.4 Å². The third-order valence-electron chi connectivity index (χ3n) is 2.61. The maximum atomic E-state index is 7.40. The van der Waals surface area contributed by atoms with E-state index in [0.29, 0.717) is 17.2 Å². The molecule has 4 heteroatoms. The average molecular weight is 220 g/mol. The molecule has 0 aromatic heterocycles. The standard InChI is InChI=1S/C12H16N2O2/c1-15-10-4-9(12(13)14)5-11(6-10)16-7-8-2-3-8/h4-6,8H,2-3,7H2,1H3,(H3,13,14). The molecule has 0 aliphatic heterocycles. The molecule has 1 aromatic carbocycles. The number of rotatable bonds is 5. The Balaban J connectivity index is 2.14. The quantitative estimate of drug-likeness (QED) is 0.587. The first-order valence-electron chi connectivity index (χ1n) is 5.35. The van der Waals surface area contributed by atoms with Gasteiger partial charge in [0.05, 0.1) is 13.7 Å². The zero-order chi connectivity index (χ0) is 11.5. The number of ether oxygens (including phenoxy) is 2. The summed E-state index contributed by atoms with van der Waals surface area (Å²) in [6.07, 6.45) is 2.51. The summed E-state index contributed by atoms with van der Waals surface area (Å²) in [4.78, 5) is 0. The maximum Gasteiger partial charge on any atom is 0.123 e. The molecule has 0 bridgehead atoms. The summed E-state index contributed by atoms with van der Waals surface area (Å²) < 4.78 is 10.8. The lowest BCUT2D eigenvalue weighted by atomic mass is 10.2. The van der Waals surface area contributed by atoms with Gasteiger partial charge in [-0.15, -0.1) is 0 Å². The molecule has 0 saturated heterocycles. The number of hydrogen-bond donors (Lipinski definition) is 2. The van der Waals surface area contributed by atoms with Crippen molar-refractivity contribution in [2.75, 3.05) is 13.7 Å². The molecule has 4 nitrogen and oxygen atoms in total. The van der Waals surface area contributed by atoms with Crippen molar-refractivity contribution >= 4 is 5.84 Å². The van der Waals surface area contributed by atoms with Crippen molar-refractivity contribution in [3.05, 3.63) is 23.8 Å². The van der Waals surface area contributed by atoms with Gasteiger partial charge in [0.15, 0.2) is 0 Å². The first-order valence-corrected chi connectivity index (χ1v) is 5.35. The molecule has 3 N–H and O–H groups in total. The van der Waals surface area contributed by atoms with E-state index in [2.05, 4.69) is 0 Å². The van der Waals surface area contributed by atoms with E-state index in [1.165, 1.54) is 12.8 Å². The Kier molecular flexibility index (Phi) is 2.99. The lowest BCUT2D eigenvalue weighted by Crippen LogP contribution is -2.11. The normalized spacial score (nSPS) is 14.6. The molecule has 0 amide bonds. The Morgan fingerprint density at radius 2 is 2.06 bits per heavy atom. The molecule has 86 valence electrons. The van der Waals surface area contributed by atoms with Crippen LogP contribution < -0.4 is 15.2 Å². The van der Waals surface area contributed by atoms with Crippen LogP contribution in [0.25, 0.3) is 0 Å². The van der Waals surface area contributed by atoms with Crippen molar-refractivity contribution in [3.8, 4) is 11.5 Å². The van der Waals surface area contributed by atoms with Gasteiger partial charge < -0.3 is 15.2 Å². The summed E-state index contributed by atoms with van der Waals surface area (Å²) in [7, 11) is 1.59. The summed E-state index contributed by atoms with van der Waals surface area (Å²) in [5.41, 5.74) is 6.08. The van der Waals surface area contributed by atoms with Gasteiger partial charge in [0.25, 0.3) is 0 Å². The van der Waals surface area contributed by atoms with Crippen molar-refractivity contribution < 1.29 is 9.47 Å². The fourth-order valence-electron chi connectivity index (χ4n) is 1.43. The number of nitrogens with two attached hydrogens (primary N) is 1. The van der Waals surface area contributed by atoms with Crippen LogP contribution in [0.15, 0.2) is 18.2 Å². The van der Waals surface area contributed by atoms with Gasteiger partial charge in [0.2, 0.25) is 0 Å². The predicted molar refractivity (Wildman–Crippen MR) is 62.2 cm³/mol. The van der Waals surface area contributed by atoms with Gasteiger partial charge in [-0.3, -0.25) is 5.41 Å². The van der Waals surface area contributed by atoms with Gasteiger partial charge in [0.1, 0.15) is 17.3 Å². The van der Waals surface area contributed by atoms with Gasteiger partial charge in [-0.05, 0) is 30.9 Å². The van der Waals surface area contributed by atoms with Gasteiger partial charge in [0, 0.05) is 11.6 Å². The highest BCUT2D eigenvalue weighted by Gasteiger charge is 2.22. The minimum Gasteiger partial charge on any atom is -0.497 e. The smallest absolute Gasteiger partial charge is 0.123 e. The molecule has 1 aliphatic rings. The summed E-state index contributed by atoms with van der Waals surface area (Å²) in [5, 5.41) is 7.40. The van der Waals surface area contributed by atoms with E-state index < -0.39 is 0 Å². The zero-order valence-corrected chi connectivity index (χ0v) is 9.32. The third kappa shape index (κ3) is 2.66. The van der Waals surface area contributed by atoms with Crippen molar-refractivity contribution in [2.45, 2.75) is 12.8 Å². The van der Waals surface area contributed by atoms with Crippen molar-refractivity contribution in [3.63, 3.8) is 0 Å². The second-order valence-electron chi connectivity index (χ2n) is 4.07. The van der Waals surface area contributed by atoms with Gasteiger partial charge in [-0.2, -0.15) is 0 Å². The van der Waals surface area contributed by atoms with Gasteiger partial charge >= 0.3 is 0 Å². The molecule has 0 spiro atoms. The Morgan fingerprint density at radius 3 is 2.62 bits per heavy atom. The fourth-order valence-corrected chi connectivity index (χ4v) is 1.43. The summed E-state index contributed by atoms with van der Waals surface area (Å²) >= 11 is 0. The van der Waals surface area contributed by atoms with Crippen LogP contribution in [0.5, 0.6) is 11.5 Å². The molecular formula is C12H16N2O2. The van der Waals surface area contributed by atoms with Crippen LogP contribution in [0.3, 0.4) is 0 Å². The summed E-state index contributed by atoms with van der Waals surface area (Å²) in [6, 6.07) is 5.31. The molecule has 0 unspecified atom stereocenters. The van der Waals surface area contributed by atoms with E-state index in [-0.39, 0.29) is 5.84 Å². The maximum absolute atomic E-state index is 7.40. The Hall–Kier alpha value is -1.71. The lowest BCUT2D eigenvalue weighted by Gasteiger charge is -2.09. The molecule has 16 heavy (non-hydrogen) atoms. The van der Waals surface area contributed by atoms with Crippen LogP contribution in [-0.4, -0.2) is 19.6 Å². The number of benzene rings is 1. The van der Waals surface area contributed by atoms with E-state index >= 15 is 0 Å². The second kappa shape index (κ2) is 4.43. The molecule has 0 atom stereocenters. The van der Waals surface area contributed by atoms with Crippen LogP contribution in [-0.2, 0) is 0 Å². The first kappa shape index (κ1) is 10.8. The number of nitrogens with one attached hydrogen (secondary N) is 1. The Bertz CT molecular complexity index is 400. The highest BCUT2D eigenvalue weighted by atomic mass is 16.5.